The van der Waals surface area contributed by atoms with Crippen LogP contribution in [-0.4, -0.2) is 31.5 Å². The molecule has 1 aromatic rings. The Labute approximate surface area is 144 Å². The molecule has 0 atom stereocenters. The molecule has 3 rings (SSSR count). The molecule has 1 aromatic carbocycles. The van der Waals surface area contributed by atoms with Crippen LogP contribution in [-0.2, 0) is 9.53 Å². The lowest BCUT2D eigenvalue weighted by Gasteiger charge is -2.35. The number of amides is 1. The lowest BCUT2D eigenvalue weighted by atomic mass is 9.72. The Hall–Kier alpha value is -1.76. The van der Waals surface area contributed by atoms with Crippen molar-refractivity contribution in [1.29, 1.82) is 0 Å². The summed E-state index contributed by atoms with van der Waals surface area (Å²) >= 11 is 0. The number of hydrogen-bond acceptors (Lipinski definition) is 3. The number of ether oxygens (including phenoxy) is 2. The van der Waals surface area contributed by atoms with Crippen LogP contribution in [0.25, 0.3) is 0 Å². The maximum Gasteiger partial charge on any atom is 0.573 e. The van der Waals surface area contributed by atoms with Gasteiger partial charge < -0.3 is 14.4 Å². The zero-order chi connectivity index (χ0) is 18.1. The number of rotatable bonds is 4. The molecule has 0 N–H and O–H groups in total. The highest BCUT2D eigenvalue weighted by molar-refractivity contribution is 6.00. The molecule has 2 aliphatic rings. The van der Waals surface area contributed by atoms with Gasteiger partial charge >= 0.3 is 6.36 Å². The van der Waals surface area contributed by atoms with Crippen LogP contribution in [0.15, 0.2) is 24.3 Å². The fourth-order valence-corrected chi connectivity index (χ4v) is 3.90. The minimum atomic E-state index is -4.71. The number of anilines is 1. The summed E-state index contributed by atoms with van der Waals surface area (Å²) in [6.07, 6.45) is -0.321. The van der Waals surface area contributed by atoms with Gasteiger partial charge in [0.2, 0.25) is 5.91 Å². The Morgan fingerprint density at radius 2 is 1.80 bits per heavy atom. The van der Waals surface area contributed by atoms with Gasteiger partial charge in [0.1, 0.15) is 5.75 Å². The molecule has 0 unspecified atom stereocenters. The molecule has 1 saturated carbocycles. The molecule has 1 heterocycles. The third-order valence-corrected chi connectivity index (χ3v) is 5.19. The Balaban J connectivity index is 1.66. The predicted octanol–water partition coefficient (Wildman–Crippen LogP) is 4.29. The van der Waals surface area contributed by atoms with Crippen molar-refractivity contribution in [3.05, 3.63) is 24.3 Å². The Kier molecular flexibility index (Phi) is 4.95. The third kappa shape index (κ3) is 3.92. The van der Waals surface area contributed by atoms with E-state index in [1.54, 1.807) is 4.90 Å². The van der Waals surface area contributed by atoms with Gasteiger partial charge in [-0.25, -0.2) is 0 Å². The second-order valence-corrected chi connectivity index (χ2v) is 6.68. The van der Waals surface area contributed by atoms with Crippen LogP contribution in [0.4, 0.5) is 18.9 Å². The maximum atomic E-state index is 12.9. The highest BCUT2D eigenvalue weighted by Gasteiger charge is 2.48. The second-order valence-electron chi connectivity index (χ2n) is 6.68. The summed E-state index contributed by atoms with van der Waals surface area (Å²) in [4.78, 5) is 14.6. The molecule has 1 amide bonds. The number of hydrogen-bond donors (Lipinski definition) is 0. The number of carbonyl (C=O) groups excluding carboxylic acids is 1. The van der Waals surface area contributed by atoms with Crippen molar-refractivity contribution >= 4 is 11.6 Å². The predicted molar refractivity (Wildman–Crippen MR) is 86.4 cm³/mol. The molecule has 2 fully saturated rings. The molecule has 7 heteroatoms. The van der Waals surface area contributed by atoms with Gasteiger partial charge in [0.15, 0.2) is 0 Å². The van der Waals surface area contributed by atoms with E-state index in [-0.39, 0.29) is 23.2 Å². The van der Waals surface area contributed by atoms with E-state index in [9.17, 15) is 18.0 Å². The van der Waals surface area contributed by atoms with E-state index in [2.05, 4.69) is 4.74 Å². The van der Waals surface area contributed by atoms with E-state index in [0.29, 0.717) is 18.8 Å². The molecule has 138 valence electrons. The smallest absolute Gasteiger partial charge is 0.406 e. The maximum absolute atomic E-state index is 12.9. The summed E-state index contributed by atoms with van der Waals surface area (Å²) in [5, 5.41) is 0. The standard InChI is InChI=1S/C18H22F3NO3/c1-2-24-14-7-9-17(10-8-14)11-12-22(16(17)23)13-3-5-15(6-4-13)25-18(19,20)21/h3-6,14H,2,7-12H2,1H3/t14-,17+. The number of carbonyl (C=O) groups is 1. The molecule has 25 heavy (non-hydrogen) atoms. The van der Waals surface area contributed by atoms with Crippen molar-refractivity contribution in [2.75, 3.05) is 18.1 Å². The van der Waals surface area contributed by atoms with Crippen molar-refractivity contribution in [2.45, 2.75) is 51.5 Å². The minimum Gasteiger partial charge on any atom is -0.406 e. The monoisotopic (exact) mass is 357 g/mol. The molecular formula is C18H22F3NO3. The van der Waals surface area contributed by atoms with Crippen molar-refractivity contribution < 1.29 is 27.4 Å². The van der Waals surface area contributed by atoms with E-state index >= 15 is 0 Å². The van der Waals surface area contributed by atoms with Crippen molar-refractivity contribution in [3.8, 4) is 5.75 Å². The van der Waals surface area contributed by atoms with Crippen LogP contribution in [0.1, 0.15) is 39.0 Å². The summed E-state index contributed by atoms with van der Waals surface area (Å²) in [7, 11) is 0. The summed E-state index contributed by atoms with van der Waals surface area (Å²) in [6.45, 7) is 3.25. The van der Waals surface area contributed by atoms with Crippen molar-refractivity contribution in [2.24, 2.45) is 5.41 Å². The summed E-state index contributed by atoms with van der Waals surface area (Å²) in [5.74, 6) is -0.207. The Morgan fingerprint density at radius 3 is 2.36 bits per heavy atom. The number of halogens is 3. The van der Waals surface area contributed by atoms with E-state index in [0.717, 1.165) is 32.1 Å². The lowest BCUT2D eigenvalue weighted by molar-refractivity contribution is -0.274. The van der Waals surface area contributed by atoms with Gasteiger partial charge in [-0.2, -0.15) is 0 Å². The average molecular weight is 357 g/mol. The first kappa shape index (κ1) is 18.0. The molecule has 1 aliphatic carbocycles. The normalized spacial score (nSPS) is 27.1. The largest absolute Gasteiger partial charge is 0.573 e. The number of nitrogens with zero attached hydrogens (tertiary/aromatic N) is 1. The fraction of sp³-hybridized carbons (Fsp3) is 0.611. The number of alkyl halides is 3. The summed E-state index contributed by atoms with van der Waals surface area (Å²) in [5.41, 5.74) is 0.276. The average Bonchev–Trinajstić information content (AvgIpc) is 2.86. The van der Waals surface area contributed by atoms with Gasteiger partial charge in [0, 0.05) is 18.8 Å². The van der Waals surface area contributed by atoms with Gasteiger partial charge in [-0.15, -0.1) is 13.2 Å². The zero-order valence-electron chi connectivity index (χ0n) is 14.1. The topological polar surface area (TPSA) is 38.8 Å². The molecule has 0 bridgehead atoms. The van der Waals surface area contributed by atoms with Crippen molar-refractivity contribution in [1.82, 2.24) is 0 Å². The van der Waals surface area contributed by atoms with Crippen LogP contribution in [0.5, 0.6) is 5.75 Å². The molecule has 1 saturated heterocycles. The van der Waals surface area contributed by atoms with Crippen LogP contribution < -0.4 is 9.64 Å². The van der Waals surface area contributed by atoms with Crippen LogP contribution in [0.3, 0.4) is 0 Å². The Morgan fingerprint density at radius 1 is 1.16 bits per heavy atom. The van der Waals surface area contributed by atoms with E-state index in [1.165, 1.54) is 24.3 Å². The van der Waals surface area contributed by atoms with Crippen molar-refractivity contribution in [3.63, 3.8) is 0 Å². The van der Waals surface area contributed by atoms with Crippen LogP contribution >= 0.6 is 0 Å². The molecule has 0 aromatic heterocycles. The molecule has 1 spiro atoms. The lowest BCUT2D eigenvalue weighted by Crippen LogP contribution is -2.39. The van der Waals surface area contributed by atoms with E-state index in [4.69, 9.17) is 4.74 Å². The fourth-order valence-electron chi connectivity index (χ4n) is 3.90. The van der Waals surface area contributed by atoms with Gasteiger partial charge in [-0.05, 0) is 63.3 Å². The zero-order valence-corrected chi connectivity index (χ0v) is 14.1. The first-order chi connectivity index (χ1) is 11.8. The highest BCUT2D eigenvalue weighted by Crippen LogP contribution is 2.46. The van der Waals surface area contributed by atoms with Gasteiger partial charge in [-0.3, -0.25) is 4.79 Å². The van der Waals surface area contributed by atoms with Gasteiger partial charge in [0.05, 0.1) is 11.5 Å². The summed E-state index contributed by atoms with van der Waals surface area (Å²) in [6, 6.07) is 5.49. The summed E-state index contributed by atoms with van der Waals surface area (Å²) < 4.78 is 46.2. The van der Waals surface area contributed by atoms with Gasteiger partial charge in [-0.1, -0.05) is 0 Å². The molecule has 0 radical (unpaired) electrons. The van der Waals surface area contributed by atoms with Crippen LogP contribution in [0.2, 0.25) is 0 Å². The molecule has 1 aliphatic heterocycles. The second kappa shape index (κ2) is 6.86. The first-order valence-electron chi connectivity index (χ1n) is 8.62. The molecular weight excluding hydrogens is 335 g/mol. The van der Waals surface area contributed by atoms with E-state index < -0.39 is 6.36 Å². The van der Waals surface area contributed by atoms with Crippen LogP contribution in [0, 0.1) is 5.41 Å². The first-order valence-corrected chi connectivity index (χ1v) is 8.62. The highest BCUT2D eigenvalue weighted by atomic mass is 19.4. The molecule has 4 nitrogen and oxygen atoms in total. The minimum absolute atomic E-state index is 0.0759. The Bertz CT molecular complexity index is 607. The van der Waals surface area contributed by atoms with Gasteiger partial charge in [0.25, 0.3) is 0 Å². The SMILES string of the molecule is CCO[C@H]1CC[C@]2(CCN(c3ccc(OC(F)(F)F)cc3)C2=O)CC1. The number of benzene rings is 1. The quantitative estimate of drug-likeness (QED) is 0.807. The van der Waals surface area contributed by atoms with E-state index in [1.807, 2.05) is 6.92 Å². The third-order valence-electron chi connectivity index (χ3n) is 5.19.